The Kier molecular flexibility index (Phi) is 9.68. The number of nitrogens with zero attached hydrogens (tertiary/aromatic N) is 1. The SMILES string of the molecule is CCN(CC)Cc1ccc(CNC(=O)CC(NC(=O)c2ccccc2Cl)c2ccccc2)cc1. The second-order valence-corrected chi connectivity index (χ2v) is 8.58. The van der Waals surface area contributed by atoms with E-state index in [1.165, 1.54) is 5.56 Å². The van der Waals surface area contributed by atoms with Crippen LogP contribution in [0.3, 0.4) is 0 Å². The van der Waals surface area contributed by atoms with Gasteiger partial charge in [-0.05, 0) is 41.9 Å². The first-order valence-corrected chi connectivity index (χ1v) is 12.0. The van der Waals surface area contributed by atoms with Crippen molar-refractivity contribution in [1.29, 1.82) is 0 Å². The lowest BCUT2D eigenvalue weighted by atomic mass is 10.0. The van der Waals surface area contributed by atoms with E-state index in [-0.39, 0.29) is 18.2 Å². The molecule has 0 aliphatic carbocycles. The molecule has 3 rings (SSSR count). The zero-order valence-electron chi connectivity index (χ0n) is 19.8. The van der Waals surface area contributed by atoms with Crippen molar-refractivity contribution in [3.8, 4) is 0 Å². The highest BCUT2D eigenvalue weighted by molar-refractivity contribution is 6.33. The Morgan fingerprint density at radius 2 is 1.47 bits per heavy atom. The van der Waals surface area contributed by atoms with Crippen LogP contribution >= 0.6 is 11.6 Å². The van der Waals surface area contributed by atoms with Gasteiger partial charge < -0.3 is 10.6 Å². The number of hydrogen-bond acceptors (Lipinski definition) is 3. The van der Waals surface area contributed by atoms with E-state index in [1.807, 2.05) is 42.5 Å². The molecule has 0 aliphatic heterocycles. The molecule has 0 heterocycles. The molecule has 34 heavy (non-hydrogen) atoms. The fourth-order valence-electron chi connectivity index (χ4n) is 3.75. The third kappa shape index (κ3) is 7.44. The largest absolute Gasteiger partial charge is 0.352 e. The highest BCUT2D eigenvalue weighted by atomic mass is 35.5. The molecule has 0 spiro atoms. The van der Waals surface area contributed by atoms with Crippen molar-refractivity contribution < 1.29 is 9.59 Å². The van der Waals surface area contributed by atoms with Gasteiger partial charge in [-0.1, -0.05) is 92.2 Å². The van der Waals surface area contributed by atoms with E-state index in [0.29, 0.717) is 17.1 Å². The first-order valence-electron chi connectivity index (χ1n) is 11.7. The lowest BCUT2D eigenvalue weighted by Gasteiger charge is -2.20. The molecule has 0 bridgehead atoms. The highest BCUT2D eigenvalue weighted by Gasteiger charge is 2.20. The molecule has 1 atom stereocenters. The lowest BCUT2D eigenvalue weighted by molar-refractivity contribution is -0.121. The van der Waals surface area contributed by atoms with Gasteiger partial charge in [-0.3, -0.25) is 14.5 Å². The monoisotopic (exact) mass is 477 g/mol. The molecule has 0 saturated carbocycles. The fourth-order valence-corrected chi connectivity index (χ4v) is 3.97. The first kappa shape index (κ1) is 25.5. The smallest absolute Gasteiger partial charge is 0.253 e. The zero-order chi connectivity index (χ0) is 24.3. The summed E-state index contributed by atoms with van der Waals surface area (Å²) < 4.78 is 0. The van der Waals surface area contributed by atoms with Gasteiger partial charge in [0.15, 0.2) is 0 Å². The van der Waals surface area contributed by atoms with Crippen LogP contribution in [0.4, 0.5) is 0 Å². The Balaban J connectivity index is 1.61. The predicted octanol–water partition coefficient (Wildman–Crippen LogP) is 5.36. The van der Waals surface area contributed by atoms with Crippen molar-refractivity contribution >= 4 is 23.4 Å². The summed E-state index contributed by atoms with van der Waals surface area (Å²) in [6, 6.07) is 24.2. The third-order valence-electron chi connectivity index (χ3n) is 5.83. The Morgan fingerprint density at radius 3 is 2.12 bits per heavy atom. The first-order chi connectivity index (χ1) is 16.5. The van der Waals surface area contributed by atoms with Crippen molar-refractivity contribution in [2.24, 2.45) is 0 Å². The van der Waals surface area contributed by atoms with Crippen LogP contribution in [0.25, 0.3) is 0 Å². The van der Waals surface area contributed by atoms with E-state index in [4.69, 9.17) is 11.6 Å². The van der Waals surface area contributed by atoms with Crippen molar-refractivity contribution in [2.45, 2.75) is 39.4 Å². The second-order valence-electron chi connectivity index (χ2n) is 8.18. The van der Waals surface area contributed by atoms with Crippen LogP contribution < -0.4 is 10.6 Å². The summed E-state index contributed by atoms with van der Waals surface area (Å²) in [5, 5.41) is 6.32. The van der Waals surface area contributed by atoms with Crippen LogP contribution in [-0.4, -0.2) is 29.8 Å². The van der Waals surface area contributed by atoms with E-state index >= 15 is 0 Å². The summed E-state index contributed by atoms with van der Waals surface area (Å²) >= 11 is 6.18. The van der Waals surface area contributed by atoms with Crippen molar-refractivity contribution in [1.82, 2.24) is 15.5 Å². The van der Waals surface area contributed by atoms with Crippen LogP contribution in [0.2, 0.25) is 5.02 Å². The molecule has 6 heteroatoms. The molecule has 5 nitrogen and oxygen atoms in total. The Labute approximate surface area is 207 Å². The van der Waals surface area contributed by atoms with Crippen molar-refractivity contribution in [2.75, 3.05) is 13.1 Å². The predicted molar refractivity (Wildman–Crippen MR) is 138 cm³/mol. The van der Waals surface area contributed by atoms with Gasteiger partial charge in [0.25, 0.3) is 5.91 Å². The molecule has 0 fully saturated rings. The van der Waals surface area contributed by atoms with Crippen molar-refractivity contribution in [3.05, 3.63) is 106 Å². The van der Waals surface area contributed by atoms with Gasteiger partial charge in [-0.25, -0.2) is 0 Å². The van der Waals surface area contributed by atoms with Gasteiger partial charge in [0, 0.05) is 13.1 Å². The van der Waals surface area contributed by atoms with E-state index in [2.05, 4.69) is 41.5 Å². The molecule has 3 aromatic carbocycles. The van der Waals surface area contributed by atoms with Crippen LogP contribution in [-0.2, 0) is 17.9 Å². The maximum absolute atomic E-state index is 12.8. The van der Waals surface area contributed by atoms with Crippen molar-refractivity contribution in [3.63, 3.8) is 0 Å². The molecule has 2 amide bonds. The molecule has 2 N–H and O–H groups in total. The second kappa shape index (κ2) is 12.9. The van der Waals surface area contributed by atoms with Crippen LogP contribution in [0, 0.1) is 0 Å². The topological polar surface area (TPSA) is 61.4 Å². The Hall–Kier alpha value is -3.15. The van der Waals surface area contributed by atoms with E-state index in [0.717, 1.165) is 30.8 Å². The summed E-state index contributed by atoms with van der Waals surface area (Å²) in [4.78, 5) is 28.0. The average Bonchev–Trinajstić information content (AvgIpc) is 2.87. The average molecular weight is 478 g/mol. The van der Waals surface area contributed by atoms with E-state index in [9.17, 15) is 9.59 Å². The number of benzene rings is 3. The Bertz CT molecular complexity index is 1070. The molecule has 3 aromatic rings. The molecular formula is C28H32ClN3O2. The third-order valence-corrected chi connectivity index (χ3v) is 6.16. The maximum Gasteiger partial charge on any atom is 0.253 e. The minimum absolute atomic E-state index is 0.125. The molecule has 0 radical (unpaired) electrons. The Morgan fingerprint density at radius 1 is 0.853 bits per heavy atom. The van der Waals surface area contributed by atoms with Gasteiger partial charge in [0.2, 0.25) is 5.91 Å². The number of carbonyl (C=O) groups excluding carboxylic acids is 2. The van der Waals surface area contributed by atoms with Crippen LogP contribution in [0.1, 0.15) is 53.4 Å². The molecule has 0 aromatic heterocycles. The number of amides is 2. The number of nitrogens with one attached hydrogen (secondary N) is 2. The van der Waals surface area contributed by atoms with Gasteiger partial charge in [0.1, 0.15) is 0 Å². The van der Waals surface area contributed by atoms with Gasteiger partial charge >= 0.3 is 0 Å². The lowest BCUT2D eigenvalue weighted by Crippen LogP contribution is -2.33. The van der Waals surface area contributed by atoms with Gasteiger partial charge in [-0.2, -0.15) is 0 Å². The van der Waals surface area contributed by atoms with E-state index in [1.54, 1.807) is 24.3 Å². The summed E-state index contributed by atoms with van der Waals surface area (Å²) in [7, 11) is 0. The minimum atomic E-state index is -0.471. The molecule has 0 aliphatic rings. The fraction of sp³-hybridized carbons (Fsp3) is 0.286. The normalized spacial score (nSPS) is 11.8. The van der Waals surface area contributed by atoms with Gasteiger partial charge in [0.05, 0.1) is 23.0 Å². The van der Waals surface area contributed by atoms with Crippen LogP contribution in [0.15, 0.2) is 78.9 Å². The highest BCUT2D eigenvalue weighted by Crippen LogP contribution is 2.20. The molecular weight excluding hydrogens is 446 g/mol. The number of rotatable bonds is 11. The quantitative estimate of drug-likeness (QED) is 0.391. The summed E-state index contributed by atoms with van der Waals surface area (Å²) in [5.74, 6) is -0.448. The standard InChI is InChI=1S/C28H32ClN3O2/c1-3-32(4-2)20-22-16-14-21(15-17-22)19-30-27(33)18-26(23-10-6-5-7-11-23)31-28(34)24-12-8-9-13-25(24)29/h5-17,26H,3-4,18-20H2,1-2H3,(H,30,33)(H,31,34). The molecule has 1 unspecified atom stereocenters. The summed E-state index contributed by atoms with van der Waals surface area (Å²) in [5.41, 5.74) is 3.53. The number of carbonyl (C=O) groups is 2. The molecule has 0 saturated heterocycles. The van der Waals surface area contributed by atoms with Gasteiger partial charge in [-0.15, -0.1) is 0 Å². The maximum atomic E-state index is 12.8. The van der Waals surface area contributed by atoms with E-state index < -0.39 is 6.04 Å². The minimum Gasteiger partial charge on any atom is -0.352 e. The van der Waals surface area contributed by atoms with Crippen LogP contribution in [0.5, 0.6) is 0 Å². The summed E-state index contributed by atoms with van der Waals surface area (Å²) in [6.07, 6.45) is 0.125. The number of hydrogen-bond donors (Lipinski definition) is 2. The zero-order valence-corrected chi connectivity index (χ0v) is 20.5. The molecule has 178 valence electrons. The summed E-state index contributed by atoms with van der Waals surface area (Å²) in [6.45, 7) is 7.71. The number of halogens is 1.